The number of carbonyl (C=O) groups excluding carboxylic acids is 1. The number of carbonyl (C=O) groups is 1. The summed E-state index contributed by atoms with van der Waals surface area (Å²) >= 11 is 0. The van der Waals surface area contributed by atoms with Crippen molar-refractivity contribution >= 4 is 5.91 Å². The summed E-state index contributed by atoms with van der Waals surface area (Å²) in [6.45, 7) is 3.42. The Morgan fingerprint density at radius 3 is 2.36 bits per heavy atom. The van der Waals surface area contributed by atoms with Gasteiger partial charge in [-0.2, -0.15) is 0 Å². The highest BCUT2D eigenvalue weighted by molar-refractivity contribution is 5.94. The van der Waals surface area contributed by atoms with Crippen LogP contribution in [0.5, 0.6) is 5.75 Å². The Kier molecular flexibility index (Phi) is 5.28. The van der Waals surface area contributed by atoms with Gasteiger partial charge in [-0.3, -0.25) is 4.79 Å². The highest BCUT2D eigenvalue weighted by Gasteiger charge is 2.25. The zero-order chi connectivity index (χ0) is 17.8. The Morgan fingerprint density at radius 2 is 1.72 bits per heavy atom. The van der Waals surface area contributed by atoms with Gasteiger partial charge in [-0.05, 0) is 42.5 Å². The molecule has 0 radical (unpaired) electrons. The van der Waals surface area contributed by atoms with E-state index in [1.54, 1.807) is 18.1 Å². The third-order valence-electron chi connectivity index (χ3n) is 4.53. The molecule has 2 aromatic carbocycles. The van der Waals surface area contributed by atoms with Crippen molar-refractivity contribution in [2.24, 2.45) is 0 Å². The number of quaternary nitrogens is 1. The normalized spacial score (nSPS) is 15.2. The number of rotatable bonds is 4. The van der Waals surface area contributed by atoms with Gasteiger partial charge in [0, 0.05) is 5.56 Å². The molecule has 25 heavy (non-hydrogen) atoms. The number of piperazine rings is 1. The zero-order valence-corrected chi connectivity index (χ0v) is 14.1. The van der Waals surface area contributed by atoms with Gasteiger partial charge in [0.25, 0.3) is 5.91 Å². The van der Waals surface area contributed by atoms with E-state index < -0.39 is 0 Å². The molecule has 1 amide bonds. The predicted octanol–water partition coefficient (Wildman–Crippen LogP) is 1.51. The van der Waals surface area contributed by atoms with Crippen LogP contribution in [0.4, 0.5) is 8.78 Å². The van der Waals surface area contributed by atoms with Crippen molar-refractivity contribution in [3.05, 3.63) is 65.2 Å². The van der Waals surface area contributed by atoms with E-state index in [9.17, 15) is 13.6 Å². The molecule has 0 unspecified atom stereocenters. The number of ether oxygens (including phenoxy) is 1. The Labute approximate surface area is 145 Å². The van der Waals surface area contributed by atoms with Crippen LogP contribution in [0.15, 0.2) is 42.5 Å². The Hall–Kier alpha value is -2.47. The Balaban J connectivity index is 1.59. The summed E-state index contributed by atoms with van der Waals surface area (Å²) in [6, 6.07) is 10.1. The maximum atomic E-state index is 13.5. The van der Waals surface area contributed by atoms with E-state index in [1.807, 2.05) is 0 Å². The van der Waals surface area contributed by atoms with Gasteiger partial charge >= 0.3 is 0 Å². The number of nitrogens with zero attached hydrogens (tertiary/aromatic N) is 1. The number of methoxy groups -OCH3 is 1. The molecule has 1 heterocycles. The highest BCUT2D eigenvalue weighted by atomic mass is 19.1. The van der Waals surface area contributed by atoms with E-state index in [4.69, 9.17) is 4.74 Å². The van der Waals surface area contributed by atoms with Crippen molar-refractivity contribution < 1.29 is 23.2 Å². The molecule has 1 aliphatic rings. The molecule has 4 nitrogen and oxygen atoms in total. The minimum Gasteiger partial charge on any atom is -0.496 e. The molecule has 3 rings (SSSR count). The van der Waals surface area contributed by atoms with Crippen LogP contribution in [0.1, 0.15) is 15.9 Å². The molecule has 2 aromatic rings. The summed E-state index contributed by atoms with van der Waals surface area (Å²) in [7, 11) is 1.57. The molecule has 0 saturated carbocycles. The molecule has 1 aliphatic heterocycles. The van der Waals surface area contributed by atoms with E-state index in [-0.39, 0.29) is 17.5 Å². The van der Waals surface area contributed by atoms with E-state index in [1.165, 1.54) is 41.3 Å². The van der Waals surface area contributed by atoms with Crippen molar-refractivity contribution in [3.63, 3.8) is 0 Å². The fourth-order valence-corrected chi connectivity index (χ4v) is 3.13. The fourth-order valence-electron chi connectivity index (χ4n) is 3.13. The summed E-state index contributed by atoms with van der Waals surface area (Å²) in [5.74, 6) is -0.0312. The lowest BCUT2D eigenvalue weighted by Crippen LogP contribution is -3.13. The molecule has 0 aliphatic carbocycles. The van der Waals surface area contributed by atoms with Gasteiger partial charge in [0.15, 0.2) is 0 Å². The molecule has 1 N–H and O–H groups in total. The monoisotopic (exact) mass is 347 g/mol. The molecule has 0 aromatic heterocycles. The van der Waals surface area contributed by atoms with Gasteiger partial charge in [-0.15, -0.1) is 0 Å². The Morgan fingerprint density at radius 1 is 1.08 bits per heavy atom. The van der Waals surface area contributed by atoms with Gasteiger partial charge < -0.3 is 14.5 Å². The van der Waals surface area contributed by atoms with Crippen molar-refractivity contribution in [2.75, 3.05) is 33.3 Å². The standard InChI is InChI=1S/C19H20F2N2O2/c1-25-18-7-6-17(21)12-15(18)13-22-8-10-23(11-9-22)19(24)14-2-4-16(20)5-3-14/h2-7,12H,8-11,13H2,1H3/p+1. The third kappa shape index (κ3) is 4.14. The Bertz CT molecular complexity index is 742. The molecule has 1 fully saturated rings. The predicted molar refractivity (Wildman–Crippen MR) is 89.7 cm³/mol. The third-order valence-corrected chi connectivity index (χ3v) is 4.53. The van der Waals surface area contributed by atoms with E-state index >= 15 is 0 Å². The summed E-state index contributed by atoms with van der Waals surface area (Å²) in [5.41, 5.74) is 1.33. The lowest BCUT2D eigenvalue weighted by Gasteiger charge is -2.32. The quantitative estimate of drug-likeness (QED) is 0.910. The minimum atomic E-state index is -0.352. The first-order valence-electron chi connectivity index (χ1n) is 8.27. The molecular weight excluding hydrogens is 326 g/mol. The van der Waals surface area contributed by atoms with Crippen molar-refractivity contribution in [2.45, 2.75) is 6.54 Å². The zero-order valence-electron chi connectivity index (χ0n) is 14.1. The molecule has 0 atom stereocenters. The van der Waals surface area contributed by atoms with Crippen LogP contribution >= 0.6 is 0 Å². The largest absolute Gasteiger partial charge is 0.496 e. The van der Waals surface area contributed by atoms with Gasteiger partial charge in [-0.1, -0.05) is 0 Å². The average Bonchev–Trinajstić information content (AvgIpc) is 2.63. The van der Waals surface area contributed by atoms with Gasteiger partial charge in [0.2, 0.25) is 0 Å². The van der Waals surface area contributed by atoms with Crippen LogP contribution in [0.2, 0.25) is 0 Å². The van der Waals surface area contributed by atoms with Crippen LogP contribution < -0.4 is 9.64 Å². The van der Waals surface area contributed by atoms with Gasteiger partial charge in [-0.25, -0.2) is 8.78 Å². The van der Waals surface area contributed by atoms with E-state index in [0.717, 1.165) is 18.7 Å². The second-order valence-corrected chi connectivity index (χ2v) is 6.18. The second-order valence-electron chi connectivity index (χ2n) is 6.18. The smallest absolute Gasteiger partial charge is 0.254 e. The van der Waals surface area contributed by atoms with Gasteiger partial charge in [0.1, 0.15) is 23.9 Å². The average molecular weight is 347 g/mol. The lowest BCUT2D eigenvalue weighted by atomic mass is 10.1. The SMILES string of the molecule is COc1ccc(F)cc1C[NH+]1CCN(C(=O)c2ccc(F)cc2)CC1. The number of hydrogen-bond acceptors (Lipinski definition) is 2. The fraction of sp³-hybridized carbons (Fsp3) is 0.316. The summed E-state index contributed by atoms with van der Waals surface area (Å²) < 4.78 is 31.7. The van der Waals surface area contributed by atoms with Crippen LogP contribution in [0.3, 0.4) is 0 Å². The summed E-state index contributed by atoms with van der Waals surface area (Å²) in [6.07, 6.45) is 0. The van der Waals surface area contributed by atoms with Crippen molar-refractivity contribution in [1.29, 1.82) is 0 Å². The van der Waals surface area contributed by atoms with Crippen molar-refractivity contribution in [3.8, 4) is 5.75 Å². The van der Waals surface area contributed by atoms with Gasteiger partial charge in [0.05, 0.1) is 38.9 Å². The maximum Gasteiger partial charge on any atom is 0.254 e. The number of amides is 1. The first-order valence-corrected chi connectivity index (χ1v) is 8.27. The number of hydrogen-bond donors (Lipinski definition) is 1. The number of halogens is 2. The molecule has 132 valence electrons. The first kappa shape index (κ1) is 17.4. The van der Waals surface area contributed by atoms with Crippen molar-refractivity contribution in [1.82, 2.24) is 4.90 Å². The summed E-state index contributed by atoms with van der Waals surface area (Å²) in [5, 5.41) is 0. The molecule has 1 saturated heterocycles. The molecule has 6 heteroatoms. The number of nitrogens with one attached hydrogen (secondary N) is 1. The van der Waals surface area contributed by atoms with E-state index in [0.29, 0.717) is 30.9 Å². The second kappa shape index (κ2) is 7.61. The van der Waals surface area contributed by atoms with Crippen LogP contribution in [-0.4, -0.2) is 44.1 Å². The summed E-state index contributed by atoms with van der Waals surface area (Å²) in [4.78, 5) is 15.5. The molecule has 0 bridgehead atoms. The molecular formula is C19H21F2N2O2+. The minimum absolute atomic E-state index is 0.0811. The van der Waals surface area contributed by atoms with Crippen LogP contribution in [-0.2, 0) is 6.54 Å². The van der Waals surface area contributed by atoms with E-state index in [2.05, 4.69) is 0 Å². The molecule has 0 spiro atoms. The van der Waals surface area contributed by atoms with Crippen LogP contribution in [0.25, 0.3) is 0 Å². The maximum absolute atomic E-state index is 13.5. The number of benzene rings is 2. The lowest BCUT2D eigenvalue weighted by molar-refractivity contribution is -0.917. The van der Waals surface area contributed by atoms with Crippen LogP contribution in [0, 0.1) is 11.6 Å². The highest BCUT2D eigenvalue weighted by Crippen LogP contribution is 2.18. The first-order chi connectivity index (χ1) is 12.1. The topological polar surface area (TPSA) is 34.0 Å².